The van der Waals surface area contributed by atoms with Crippen LogP contribution in [0.1, 0.15) is 36.0 Å². The van der Waals surface area contributed by atoms with E-state index in [4.69, 9.17) is 0 Å². The molecule has 2 heterocycles. The Kier molecular flexibility index (Phi) is 6.85. The van der Waals surface area contributed by atoms with Crippen LogP contribution < -0.4 is 5.32 Å². The molecule has 1 atom stereocenters. The number of hydrogen-bond acceptors (Lipinski definition) is 4. The summed E-state index contributed by atoms with van der Waals surface area (Å²) >= 11 is 0. The average molecular weight is 388 g/mol. The van der Waals surface area contributed by atoms with Gasteiger partial charge in [-0.3, -0.25) is 4.79 Å². The average Bonchev–Trinajstić information content (AvgIpc) is 3.17. The number of halogens is 1. The van der Waals surface area contributed by atoms with Crippen molar-refractivity contribution in [2.45, 2.75) is 36.6 Å². The number of hydrogen-bond donors (Lipinski definition) is 1. The maximum atomic E-state index is 12.6. The third-order valence-electron chi connectivity index (χ3n) is 4.92. The number of nitrogens with one attached hydrogen (secondary N) is 1. The van der Waals surface area contributed by atoms with Crippen LogP contribution in [0.15, 0.2) is 29.2 Å². The first kappa shape index (κ1) is 20.2. The molecular formula is C17H26ClN3O3S. The maximum Gasteiger partial charge on any atom is 0.253 e. The van der Waals surface area contributed by atoms with Gasteiger partial charge in [-0.1, -0.05) is 0 Å². The van der Waals surface area contributed by atoms with Crippen LogP contribution in [0.4, 0.5) is 0 Å². The summed E-state index contributed by atoms with van der Waals surface area (Å²) in [6.45, 7) is 2.62. The number of nitrogens with zero attached hydrogens (tertiary/aromatic N) is 2. The summed E-state index contributed by atoms with van der Waals surface area (Å²) < 4.78 is 26.6. The smallest absolute Gasteiger partial charge is 0.253 e. The van der Waals surface area contributed by atoms with Crippen molar-refractivity contribution < 1.29 is 13.2 Å². The number of benzene rings is 1. The quantitative estimate of drug-likeness (QED) is 0.854. The Hall–Kier alpha value is -1.15. The molecule has 140 valence electrons. The van der Waals surface area contributed by atoms with E-state index >= 15 is 0 Å². The number of sulfonamides is 1. The summed E-state index contributed by atoms with van der Waals surface area (Å²) in [5, 5.41) is 3.22. The van der Waals surface area contributed by atoms with Crippen LogP contribution in [0.25, 0.3) is 0 Å². The maximum absolute atomic E-state index is 12.6. The van der Waals surface area contributed by atoms with Crippen molar-refractivity contribution in [3.8, 4) is 0 Å². The monoisotopic (exact) mass is 387 g/mol. The van der Waals surface area contributed by atoms with E-state index in [0.717, 1.165) is 32.2 Å². The summed E-state index contributed by atoms with van der Waals surface area (Å²) in [4.78, 5) is 14.7. The van der Waals surface area contributed by atoms with Gasteiger partial charge in [0.1, 0.15) is 0 Å². The fraction of sp³-hybridized carbons (Fsp3) is 0.588. The Balaban J connectivity index is 0.00000225. The highest BCUT2D eigenvalue weighted by atomic mass is 35.5. The fourth-order valence-electron chi connectivity index (χ4n) is 3.43. The van der Waals surface area contributed by atoms with Crippen molar-refractivity contribution >= 4 is 28.3 Å². The highest BCUT2D eigenvalue weighted by molar-refractivity contribution is 7.89. The lowest BCUT2D eigenvalue weighted by Gasteiger charge is -2.32. The summed E-state index contributed by atoms with van der Waals surface area (Å²) in [7, 11) is -1.51. The molecule has 8 heteroatoms. The molecule has 0 spiro atoms. The van der Waals surface area contributed by atoms with Crippen LogP contribution in [0.2, 0.25) is 0 Å². The molecule has 1 unspecified atom stereocenters. The van der Waals surface area contributed by atoms with Gasteiger partial charge in [-0.15, -0.1) is 12.4 Å². The summed E-state index contributed by atoms with van der Waals surface area (Å²) in [5.74, 6) is -0.0277. The van der Waals surface area contributed by atoms with Gasteiger partial charge in [0, 0.05) is 37.8 Å². The van der Waals surface area contributed by atoms with Gasteiger partial charge in [0.15, 0.2) is 0 Å². The first-order valence-electron chi connectivity index (χ1n) is 8.59. The lowest BCUT2D eigenvalue weighted by atomic mass is 10.0. The van der Waals surface area contributed by atoms with Gasteiger partial charge >= 0.3 is 0 Å². The molecule has 1 N–H and O–H groups in total. The van der Waals surface area contributed by atoms with Crippen LogP contribution in [-0.2, 0) is 10.0 Å². The molecule has 0 radical (unpaired) electrons. The molecule has 1 aromatic carbocycles. The van der Waals surface area contributed by atoms with E-state index in [0.29, 0.717) is 31.2 Å². The van der Waals surface area contributed by atoms with Crippen LogP contribution in [0, 0.1) is 0 Å². The minimum atomic E-state index is -3.42. The van der Waals surface area contributed by atoms with Gasteiger partial charge in [-0.25, -0.2) is 8.42 Å². The number of rotatable bonds is 4. The Morgan fingerprint density at radius 1 is 1.08 bits per heavy atom. The molecule has 2 aliphatic heterocycles. The largest absolute Gasteiger partial charge is 0.337 e. The molecule has 1 aromatic rings. The van der Waals surface area contributed by atoms with Crippen molar-refractivity contribution in [3.63, 3.8) is 0 Å². The fourth-order valence-corrected chi connectivity index (χ4v) is 4.94. The van der Waals surface area contributed by atoms with Crippen LogP contribution in [0.3, 0.4) is 0 Å². The molecule has 2 aliphatic rings. The Morgan fingerprint density at radius 3 is 2.32 bits per heavy atom. The zero-order chi connectivity index (χ0) is 17.2. The van der Waals surface area contributed by atoms with Gasteiger partial charge in [-0.05, 0) is 57.0 Å². The van der Waals surface area contributed by atoms with Gasteiger partial charge in [-0.2, -0.15) is 4.31 Å². The molecule has 1 amide bonds. The van der Waals surface area contributed by atoms with Gasteiger partial charge in [0.2, 0.25) is 10.0 Å². The highest BCUT2D eigenvalue weighted by Gasteiger charge is 2.28. The van der Waals surface area contributed by atoms with Crippen molar-refractivity contribution in [2.75, 3.05) is 33.2 Å². The number of carbonyl (C=O) groups is 1. The Labute approximate surface area is 156 Å². The first-order chi connectivity index (χ1) is 11.5. The van der Waals surface area contributed by atoms with Gasteiger partial charge in [0.25, 0.3) is 5.91 Å². The van der Waals surface area contributed by atoms with Crippen LogP contribution >= 0.6 is 12.4 Å². The van der Waals surface area contributed by atoms with Crippen LogP contribution in [-0.4, -0.2) is 62.8 Å². The lowest BCUT2D eigenvalue weighted by Crippen LogP contribution is -2.46. The number of likely N-dealkylation sites (tertiary alicyclic amines) is 1. The Morgan fingerprint density at radius 2 is 1.72 bits per heavy atom. The molecule has 2 saturated heterocycles. The third-order valence-corrected chi connectivity index (χ3v) is 6.83. The second-order valence-electron chi connectivity index (χ2n) is 6.51. The second kappa shape index (κ2) is 8.49. The van der Waals surface area contributed by atoms with Crippen molar-refractivity contribution in [2.24, 2.45) is 0 Å². The van der Waals surface area contributed by atoms with Crippen molar-refractivity contribution in [1.29, 1.82) is 0 Å². The zero-order valence-electron chi connectivity index (χ0n) is 14.5. The van der Waals surface area contributed by atoms with E-state index in [1.54, 1.807) is 24.3 Å². The standard InChI is InChI=1S/C17H25N3O3S.ClH/c1-18-15-5-4-10-19(13-15)17(21)14-6-8-16(9-7-14)24(22,23)20-11-2-3-12-20;/h6-9,15,18H,2-5,10-13H2,1H3;1H. The third kappa shape index (κ3) is 4.34. The van der Waals surface area contributed by atoms with E-state index in [9.17, 15) is 13.2 Å². The number of likely N-dealkylation sites (N-methyl/N-ethyl adjacent to an activating group) is 1. The lowest BCUT2D eigenvalue weighted by molar-refractivity contribution is 0.0698. The van der Waals surface area contributed by atoms with Gasteiger partial charge < -0.3 is 10.2 Å². The minimum absolute atomic E-state index is 0. The molecule has 0 aliphatic carbocycles. The van der Waals surface area contributed by atoms with Crippen LogP contribution in [0.5, 0.6) is 0 Å². The first-order valence-corrected chi connectivity index (χ1v) is 10.0. The number of carbonyl (C=O) groups excluding carboxylic acids is 1. The molecule has 0 saturated carbocycles. The summed E-state index contributed by atoms with van der Waals surface area (Å²) in [6.07, 6.45) is 3.89. The molecule has 3 rings (SSSR count). The molecule has 0 aromatic heterocycles. The normalized spacial score (nSPS) is 21.8. The van der Waals surface area contributed by atoms with Crippen molar-refractivity contribution in [3.05, 3.63) is 29.8 Å². The zero-order valence-corrected chi connectivity index (χ0v) is 16.1. The minimum Gasteiger partial charge on any atom is -0.337 e. The van der Waals surface area contributed by atoms with E-state index in [-0.39, 0.29) is 23.2 Å². The number of amides is 1. The number of piperidine rings is 1. The van der Waals surface area contributed by atoms with Gasteiger partial charge in [0.05, 0.1) is 4.90 Å². The summed E-state index contributed by atoms with van der Waals surface area (Å²) in [6, 6.07) is 6.71. The predicted molar refractivity (Wildman–Crippen MR) is 99.7 cm³/mol. The molecule has 6 nitrogen and oxygen atoms in total. The second-order valence-corrected chi connectivity index (χ2v) is 8.45. The SMILES string of the molecule is CNC1CCCN(C(=O)c2ccc(S(=O)(=O)N3CCCC3)cc2)C1.Cl. The van der Waals surface area contributed by atoms with E-state index in [2.05, 4.69) is 5.32 Å². The molecular weight excluding hydrogens is 362 g/mol. The van der Waals surface area contributed by atoms with E-state index in [1.807, 2.05) is 11.9 Å². The van der Waals surface area contributed by atoms with E-state index in [1.165, 1.54) is 4.31 Å². The topological polar surface area (TPSA) is 69.7 Å². The van der Waals surface area contributed by atoms with Crippen molar-refractivity contribution in [1.82, 2.24) is 14.5 Å². The molecule has 25 heavy (non-hydrogen) atoms. The summed E-state index contributed by atoms with van der Waals surface area (Å²) in [5.41, 5.74) is 0.548. The molecule has 0 bridgehead atoms. The Bertz CT molecular complexity index is 688. The highest BCUT2D eigenvalue weighted by Crippen LogP contribution is 2.22. The predicted octanol–water partition coefficient (Wildman–Crippen LogP) is 1.72. The van der Waals surface area contributed by atoms with E-state index < -0.39 is 10.0 Å². The molecule has 2 fully saturated rings.